The summed E-state index contributed by atoms with van der Waals surface area (Å²) in [5, 5.41) is 4.29. The van der Waals surface area contributed by atoms with Gasteiger partial charge in [0, 0.05) is 12.4 Å². The van der Waals surface area contributed by atoms with E-state index in [0.29, 0.717) is 10.9 Å². The molecule has 2 N–H and O–H groups in total. The molecule has 0 spiro atoms. The summed E-state index contributed by atoms with van der Waals surface area (Å²) >= 11 is 0. The van der Waals surface area contributed by atoms with E-state index in [9.17, 15) is 13.2 Å². The number of fused-ring (bicyclic) bond motifs is 1. The van der Waals surface area contributed by atoms with Gasteiger partial charge in [-0.05, 0) is 18.2 Å². The highest BCUT2D eigenvalue weighted by Crippen LogP contribution is 2.32. The van der Waals surface area contributed by atoms with Crippen LogP contribution in [0.2, 0.25) is 0 Å². The number of halogens is 3. The average molecular weight is 215 g/mol. The van der Waals surface area contributed by atoms with Crippen LogP contribution in [0.4, 0.5) is 19.0 Å². The zero-order valence-corrected chi connectivity index (χ0v) is 7.84. The summed E-state index contributed by atoms with van der Waals surface area (Å²) in [6.07, 6.45) is -4.35. The maximum Gasteiger partial charge on any atom is 0.416 e. The van der Waals surface area contributed by atoms with Gasteiger partial charge in [0.15, 0.2) is 0 Å². The van der Waals surface area contributed by atoms with Crippen LogP contribution in [-0.2, 0) is 13.2 Å². The van der Waals surface area contributed by atoms with Gasteiger partial charge >= 0.3 is 6.18 Å². The van der Waals surface area contributed by atoms with Gasteiger partial charge in [-0.2, -0.15) is 18.3 Å². The molecule has 0 aliphatic carbocycles. The Balaban J connectivity index is 2.70. The lowest BCUT2D eigenvalue weighted by atomic mass is 10.1. The minimum absolute atomic E-state index is 0.233. The van der Waals surface area contributed by atoms with Crippen LogP contribution in [0.5, 0.6) is 0 Å². The topological polar surface area (TPSA) is 43.8 Å². The molecule has 1 aromatic carbocycles. The third kappa shape index (κ3) is 1.51. The van der Waals surface area contributed by atoms with Crippen molar-refractivity contribution in [2.24, 2.45) is 7.05 Å². The number of anilines is 1. The number of rotatable bonds is 0. The summed E-state index contributed by atoms with van der Waals surface area (Å²) in [4.78, 5) is 0. The molecular weight excluding hydrogens is 207 g/mol. The number of hydrogen-bond acceptors (Lipinski definition) is 2. The van der Waals surface area contributed by atoms with Crippen molar-refractivity contribution in [1.82, 2.24) is 9.78 Å². The highest BCUT2D eigenvalue weighted by atomic mass is 19.4. The second kappa shape index (κ2) is 2.88. The molecule has 0 fully saturated rings. The van der Waals surface area contributed by atoms with Gasteiger partial charge in [-0.25, -0.2) is 0 Å². The van der Waals surface area contributed by atoms with E-state index in [4.69, 9.17) is 5.73 Å². The molecule has 0 aliphatic heterocycles. The van der Waals surface area contributed by atoms with Crippen LogP contribution in [0.1, 0.15) is 5.56 Å². The van der Waals surface area contributed by atoms with Crippen molar-refractivity contribution in [3.63, 3.8) is 0 Å². The lowest BCUT2D eigenvalue weighted by Crippen LogP contribution is -2.04. The van der Waals surface area contributed by atoms with Crippen molar-refractivity contribution in [3.8, 4) is 0 Å². The number of nitrogens with zero attached hydrogens (tertiary/aromatic N) is 2. The van der Waals surface area contributed by atoms with E-state index in [2.05, 4.69) is 5.10 Å². The minimum Gasteiger partial charge on any atom is -0.383 e. The van der Waals surface area contributed by atoms with E-state index in [-0.39, 0.29) is 5.82 Å². The molecule has 1 heterocycles. The number of aromatic nitrogens is 2. The van der Waals surface area contributed by atoms with Crippen molar-refractivity contribution in [2.75, 3.05) is 5.73 Å². The number of nitrogens with two attached hydrogens (primary N) is 1. The lowest BCUT2D eigenvalue weighted by Gasteiger charge is -2.05. The number of aryl methyl sites for hydroxylation is 1. The van der Waals surface area contributed by atoms with E-state index in [0.717, 1.165) is 12.1 Å². The molecule has 0 amide bonds. The molecular formula is C9H8F3N3. The molecule has 0 radical (unpaired) electrons. The molecule has 0 atom stereocenters. The Hall–Kier alpha value is -1.72. The fourth-order valence-electron chi connectivity index (χ4n) is 1.39. The van der Waals surface area contributed by atoms with Gasteiger partial charge < -0.3 is 5.73 Å². The first kappa shape index (κ1) is 9.82. The van der Waals surface area contributed by atoms with Crippen molar-refractivity contribution in [1.29, 1.82) is 0 Å². The molecule has 2 aromatic rings. The highest BCUT2D eigenvalue weighted by molar-refractivity contribution is 5.89. The van der Waals surface area contributed by atoms with Crippen LogP contribution in [0.25, 0.3) is 10.9 Å². The van der Waals surface area contributed by atoms with Crippen molar-refractivity contribution >= 4 is 16.7 Å². The zero-order valence-electron chi connectivity index (χ0n) is 7.84. The Morgan fingerprint density at radius 1 is 1.33 bits per heavy atom. The Morgan fingerprint density at radius 2 is 2.00 bits per heavy atom. The van der Waals surface area contributed by atoms with Gasteiger partial charge in [0.05, 0.1) is 11.1 Å². The van der Waals surface area contributed by atoms with Gasteiger partial charge in [0.2, 0.25) is 0 Å². The smallest absolute Gasteiger partial charge is 0.383 e. The second-order valence-electron chi connectivity index (χ2n) is 3.24. The first-order valence-corrected chi connectivity index (χ1v) is 4.19. The molecule has 1 aromatic heterocycles. The minimum atomic E-state index is -4.35. The monoisotopic (exact) mass is 215 g/mol. The summed E-state index contributed by atoms with van der Waals surface area (Å²) in [5.41, 5.74) is 5.33. The Labute approximate surface area is 83.3 Å². The normalized spacial score (nSPS) is 12.3. The third-order valence-corrected chi connectivity index (χ3v) is 2.21. The maximum atomic E-state index is 12.4. The Morgan fingerprint density at radius 3 is 2.60 bits per heavy atom. The fraction of sp³-hybridized carbons (Fsp3) is 0.222. The van der Waals surface area contributed by atoms with Gasteiger partial charge in [-0.3, -0.25) is 4.68 Å². The van der Waals surface area contributed by atoms with E-state index in [1.165, 1.54) is 10.7 Å². The molecule has 0 saturated heterocycles. The van der Waals surface area contributed by atoms with E-state index in [1.54, 1.807) is 7.05 Å². The van der Waals surface area contributed by atoms with Crippen LogP contribution in [0, 0.1) is 0 Å². The molecule has 15 heavy (non-hydrogen) atoms. The first-order valence-electron chi connectivity index (χ1n) is 4.19. The van der Waals surface area contributed by atoms with Gasteiger partial charge in [0.1, 0.15) is 5.82 Å². The molecule has 80 valence electrons. The number of alkyl halides is 3. The number of hydrogen-bond donors (Lipinski definition) is 1. The highest BCUT2D eigenvalue weighted by Gasteiger charge is 2.30. The molecule has 6 heteroatoms. The lowest BCUT2D eigenvalue weighted by molar-refractivity contribution is -0.137. The van der Waals surface area contributed by atoms with Gasteiger partial charge in [-0.15, -0.1) is 0 Å². The molecule has 3 nitrogen and oxygen atoms in total. The summed E-state index contributed by atoms with van der Waals surface area (Å²) in [6.45, 7) is 0. The number of nitrogen functional groups attached to an aromatic ring is 1. The van der Waals surface area contributed by atoms with E-state index >= 15 is 0 Å². The zero-order chi connectivity index (χ0) is 11.2. The molecule has 0 saturated carbocycles. The van der Waals surface area contributed by atoms with Crippen LogP contribution >= 0.6 is 0 Å². The Bertz CT molecular complexity index is 513. The quantitative estimate of drug-likeness (QED) is 0.731. The third-order valence-electron chi connectivity index (χ3n) is 2.21. The Kier molecular flexibility index (Phi) is 1.89. The summed E-state index contributed by atoms with van der Waals surface area (Å²) in [6, 6.07) is 3.32. The van der Waals surface area contributed by atoms with Crippen molar-refractivity contribution < 1.29 is 13.2 Å². The molecule has 2 rings (SSSR count). The van der Waals surface area contributed by atoms with Gasteiger partial charge in [0.25, 0.3) is 0 Å². The van der Waals surface area contributed by atoms with E-state index in [1.807, 2.05) is 0 Å². The van der Waals surface area contributed by atoms with Crippen LogP contribution < -0.4 is 5.73 Å². The van der Waals surface area contributed by atoms with Crippen LogP contribution in [0.3, 0.4) is 0 Å². The summed E-state index contributed by atoms with van der Waals surface area (Å²) < 4.78 is 38.5. The fourth-order valence-corrected chi connectivity index (χ4v) is 1.39. The molecule has 0 aliphatic rings. The largest absolute Gasteiger partial charge is 0.416 e. The van der Waals surface area contributed by atoms with Gasteiger partial charge in [-0.1, -0.05) is 0 Å². The van der Waals surface area contributed by atoms with Crippen molar-refractivity contribution in [3.05, 3.63) is 23.8 Å². The first-order chi connectivity index (χ1) is 6.89. The van der Waals surface area contributed by atoms with E-state index < -0.39 is 11.7 Å². The summed E-state index contributed by atoms with van der Waals surface area (Å²) in [5.74, 6) is 0.233. The van der Waals surface area contributed by atoms with Crippen LogP contribution in [-0.4, -0.2) is 9.78 Å². The number of benzene rings is 1. The molecule has 0 bridgehead atoms. The van der Waals surface area contributed by atoms with Crippen molar-refractivity contribution in [2.45, 2.75) is 6.18 Å². The predicted molar refractivity (Wildman–Crippen MR) is 50.1 cm³/mol. The SMILES string of the molecule is Cn1nc2ccc(C(F)(F)F)cc2c1N. The summed E-state index contributed by atoms with van der Waals surface area (Å²) in [7, 11) is 1.59. The average Bonchev–Trinajstić information content (AvgIpc) is 2.41. The standard InChI is InChI=1S/C9H8F3N3/c1-15-8(13)6-4-5(9(10,11)12)2-3-7(6)14-15/h2-4H,13H2,1H3. The molecule has 0 unspecified atom stereocenters. The van der Waals surface area contributed by atoms with Crippen LogP contribution in [0.15, 0.2) is 18.2 Å². The predicted octanol–water partition coefficient (Wildman–Crippen LogP) is 2.17. The maximum absolute atomic E-state index is 12.4. The second-order valence-corrected chi connectivity index (χ2v) is 3.24.